The van der Waals surface area contributed by atoms with Crippen molar-refractivity contribution in [1.29, 1.82) is 0 Å². The Morgan fingerprint density at radius 2 is 2.00 bits per heavy atom. The van der Waals surface area contributed by atoms with Crippen LogP contribution in [0.1, 0.15) is 33.1 Å². The van der Waals surface area contributed by atoms with E-state index in [1.807, 2.05) is 0 Å². The van der Waals surface area contributed by atoms with Crippen molar-refractivity contribution in [2.24, 2.45) is 17.8 Å². The summed E-state index contributed by atoms with van der Waals surface area (Å²) >= 11 is 0. The van der Waals surface area contributed by atoms with Crippen LogP contribution in [0.2, 0.25) is 0 Å². The lowest BCUT2D eigenvalue weighted by Crippen LogP contribution is -2.60. The van der Waals surface area contributed by atoms with Gasteiger partial charge in [-0.1, -0.05) is 6.42 Å². The van der Waals surface area contributed by atoms with Gasteiger partial charge in [-0.2, -0.15) is 0 Å². The van der Waals surface area contributed by atoms with Gasteiger partial charge in [-0.3, -0.25) is 4.79 Å². The lowest BCUT2D eigenvalue weighted by molar-refractivity contribution is -0.140. The number of piperazine rings is 1. The Balaban J connectivity index is 1.70. The first kappa shape index (κ1) is 10.6. The molecule has 3 heteroatoms. The first-order valence-electron chi connectivity index (χ1n) is 6.63. The van der Waals surface area contributed by atoms with Gasteiger partial charge in [0.2, 0.25) is 5.91 Å². The summed E-state index contributed by atoms with van der Waals surface area (Å²) < 4.78 is 0. The maximum Gasteiger partial charge on any atom is 0.226 e. The van der Waals surface area contributed by atoms with Crippen LogP contribution in [0.15, 0.2) is 0 Å². The fourth-order valence-corrected chi connectivity index (χ4v) is 3.76. The van der Waals surface area contributed by atoms with E-state index in [4.69, 9.17) is 0 Å². The third kappa shape index (κ3) is 1.48. The normalized spacial score (nSPS) is 40.6. The van der Waals surface area contributed by atoms with Gasteiger partial charge in [0.1, 0.15) is 0 Å². The lowest BCUT2D eigenvalue weighted by Gasteiger charge is -2.43. The van der Waals surface area contributed by atoms with Crippen molar-refractivity contribution in [3.05, 3.63) is 0 Å². The zero-order valence-electron chi connectivity index (χ0n) is 10.3. The van der Waals surface area contributed by atoms with E-state index in [0.717, 1.165) is 31.5 Å². The average Bonchev–Trinajstić information content (AvgIpc) is 2.71. The van der Waals surface area contributed by atoms with Crippen LogP contribution in [-0.2, 0) is 4.79 Å². The van der Waals surface area contributed by atoms with Gasteiger partial charge < -0.3 is 10.2 Å². The molecule has 1 aliphatic heterocycles. The van der Waals surface area contributed by atoms with Gasteiger partial charge in [-0.25, -0.2) is 0 Å². The van der Waals surface area contributed by atoms with E-state index < -0.39 is 0 Å². The van der Waals surface area contributed by atoms with E-state index in [9.17, 15) is 4.79 Å². The number of fused-ring (bicyclic) bond motifs is 1. The van der Waals surface area contributed by atoms with Gasteiger partial charge in [0.15, 0.2) is 0 Å². The third-order valence-corrected chi connectivity index (χ3v) is 4.76. The van der Waals surface area contributed by atoms with E-state index in [0.29, 0.717) is 11.8 Å². The van der Waals surface area contributed by atoms with E-state index in [1.54, 1.807) is 0 Å². The van der Waals surface area contributed by atoms with Gasteiger partial charge in [0.25, 0.3) is 0 Å². The average molecular weight is 222 g/mol. The molecule has 90 valence electrons. The fourth-order valence-electron chi connectivity index (χ4n) is 3.76. The summed E-state index contributed by atoms with van der Waals surface area (Å²) in [4.78, 5) is 14.6. The molecule has 2 atom stereocenters. The minimum Gasteiger partial charge on any atom is -0.335 e. The summed E-state index contributed by atoms with van der Waals surface area (Å²) in [5.74, 6) is 2.34. The molecule has 0 bridgehead atoms. The van der Waals surface area contributed by atoms with E-state index in [-0.39, 0.29) is 5.54 Å². The number of hydrogen-bond donors (Lipinski definition) is 1. The van der Waals surface area contributed by atoms with Crippen molar-refractivity contribution in [3.63, 3.8) is 0 Å². The van der Waals surface area contributed by atoms with Crippen molar-refractivity contribution in [2.75, 3.05) is 19.6 Å². The van der Waals surface area contributed by atoms with Crippen molar-refractivity contribution in [2.45, 2.75) is 38.6 Å². The number of carbonyl (C=O) groups is 1. The highest BCUT2D eigenvalue weighted by molar-refractivity contribution is 5.83. The second-order valence-corrected chi connectivity index (χ2v) is 6.26. The highest BCUT2D eigenvalue weighted by Gasteiger charge is 2.58. The zero-order valence-corrected chi connectivity index (χ0v) is 10.3. The quantitative estimate of drug-likeness (QED) is 0.724. The number of nitrogens with one attached hydrogen (secondary N) is 1. The Kier molecular flexibility index (Phi) is 2.29. The summed E-state index contributed by atoms with van der Waals surface area (Å²) in [7, 11) is 0. The summed E-state index contributed by atoms with van der Waals surface area (Å²) in [6.07, 6.45) is 3.95. The monoisotopic (exact) mass is 222 g/mol. The fraction of sp³-hybridized carbons (Fsp3) is 0.923. The molecule has 1 saturated heterocycles. The minimum atomic E-state index is 0.00617. The maximum atomic E-state index is 12.5. The van der Waals surface area contributed by atoms with E-state index in [1.165, 1.54) is 19.3 Å². The van der Waals surface area contributed by atoms with Gasteiger partial charge in [0.05, 0.1) is 0 Å². The molecule has 0 spiro atoms. The summed E-state index contributed by atoms with van der Waals surface area (Å²) in [5, 5.41) is 3.38. The van der Waals surface area contributed by atoms with Gasteiger partial charge in [-0.05, 0) is 38.5 Å². The van der Waals surface area contributed by atoms with E-state index >= 15 is 0 Å². The van der Waals surface area contributed by atoms with Crippen LogP contribution < -0.4 is 5.32 Å². The first-order chi connectivity index (χ1) is 7.61. The predicted molar refractivity (Wildman–Crippen MR) is 63.0 cm³/mol. The highest BCUT2D eigenvalue weighted by Crippen LogP contribution is 2.58. The lowest BCUT2D eigenvalue weighted by atomic mass is 9.98. The second kappa shape index (κ2) is 3.46. The number of carbonyl (C=O) groups excluding carboxylic acids is 1. The van der Waals surface area contributed by atoms with Crippen molar-refractivity contribution >= 4 is 5.91 Å². The predicted octanol–water partition coefficient (Wildman–Crippen LogP) is 1.24. The molecule has 16 heavy (non-hydrogen) atoms. The van der Waals surface area contributed by atoms with Crippen LogP contribution in [0.3, 0.4) is 0 Å². The first-order valence-corrected chi connectivity index (χ1v) is 6.63. The number of nitrogens with zero attached hydrogens (tertiary/aromatic N) is 1. The molecule has 2 unspecified atom stereocenters. The van der Waals surface area contributed by atoms with E-state index in [2.05, 4.69) is 24.1 Å². The molecular formula is C13H22N2O. The minimum absolute atomic E-state index is 0.00617. The molecule has 0 aromatic carbocycles. The number of rotatable bonds is 1. The molecule has 1 amide bonds. The molecule has 0 aromatic heterocycles. The molecule has 3 aliphatic rings. The molecule has 0 aromatic rings. The van der Waals surface area contributed by atoms with Crippen LogP contribution in [-0.4, -0.2) is 36.0 Å². The van der Waals surface area contributed by atoms with Crippen LogP contribution in [0.5, 0.6) is 0 Å². The largest absolute Gasteiger partial charge is 0.335 e. The molecule has 0 radical (unpaired) electrons. The Morgan fingerprint density at radius 1 is 1.31 bits per heavy atom. The Morgan fingerprint density at radius 3 is 2.62 bits per heavy atom. The summed E-state index contributed by atoms with van der Waals surface area (Å²) in [6.45, 7) is 7.13. The van der Waals surface area contributed by atoms with Gasteiger partial charge >= 0.3 is 0 Å². The molecule has 1 N–H and O–H groups in total. The Hall–Kier alpha value is -0.570. The van der Waals surface area contributed by atoms with Crippen molar-refractivity contribution in [1.82, 2.24) is 10.2 Å². The van der Waals surface area contributed by atoms with Crippen molar-refractivity contribution in [3.8, 4) is 0 Å². The topological polar surface area (TPSA) is 32.3 Å². The summed E-state index contributed by atoms with van der Waals surface area (Å²) in [5.41, 5.74) is 0.00617. The van der Waals surface area contributed by atoms with Crippen LogP contribution in [0, 0.1) is 17.8 Å². The highest BCUT2D eigenvalue weighted by atomic mass is 16.2. The summed E-state index contributed by atoms with van der Waals surface area (Å²) in [6, 6.07) is 0. The number of amides is 1. The Labute approximate surface area is 97.6 Å². The smallest absolute Gasteiger partial charge is 0.226 e. The third-order valence-electron chi connectivity index (χ3n) is 4.76. The zero-order chi connectivity index (χ0) is 11.3. The molecule has 3 rings (SSSR count). The standard InChI is InChI=1S/C13H22N2O/c1-13(2)8-14-6-7-15(13)12(16)11-9-4-3-5-10(9)11/h9-11,14H,3-8H2,1-2H3. The molecule has 2 saturated carbocycles. The second-order valence-electron chi connectivity index (χ2n) is 6.26. The van der Waals surface area contributed by atoms with Gasteiger partial charge in [0, 0.05) is 31.1 Å². The van der Waals surface area contributed by atoms with Crippen molar-refractivity contribution < 1.29 is 4.79 Å². The molecule has 3 nitrogen and oxygen atoms in total. The molecule has 1 heterocycles. The molecule has 3 fully saturated rings. The molecule has 2 aliphatic carbocycles. The van der Waals surface area contributed by atoms with Gasteiger partial charge in [-0.15, -0.1) is 0 Å². The molecular weight excluding hydrogens is 200 g/mol. The van der Waals surface area contributed by atoms with Crippen LogP contribution in [0.25, 0.3) is 0 Å². The SMILES string of the molecule is CC1(C)CNCCN1C(=O)C1C2CCCC21. The van der Waals surface area contributed by atoms with Crippen LogP contribution >= 0.6 is 0 Å². The maximum absolute atomic E-state index is 12.5. The Bertz CT molecular complexity index is 303. The van der Waals surface area contributed by atoms with Crippen LogP contribution in [0.4, 0.5) is 0 Å². The number of hydrogen-bond acceptors (Lipinski definition) is 2.